The number of carbonyl (C=O) groups excluding carboxylic acids is 2. The first-order valence-electron chi connectivity index (χ1n) is 7.61. The van der Waals surface area contributed by atoms with Crippen LogP contribution in [0.25, 0.3) is 0 Å². The summed E-state index contributed by atoms with van der Waals surface area (Å²) in [5, 5.41) is 0. The lowest BCUT2D eigenvalue weighted by molar-refractivity contribution is -0.124. The van der Waals surface area contributed by atoms with Crippen LogP contribution < -0.4 is 0 Å². The first-order valence-corrected chi connectivity index (χ1v) is 7.61. The van der Waals surface area contributed by atoms with Crippen molar-refractivity contribution in [2.45, 2.75) is 12.5 Å². The van der Waals surface area contributed by atoms with E-state index in [9.17, 15) is 14.0 Å². The molecule has 1 aliphatic rings. The second-order valence-electron chi connectivity index (χ2n) is 5.44. The van der Waals surface area contributed by atoms with Crippen LogP contribution in [-0.2, 0) is 16.0 Å². The summed E-state index contributed by atoms with van der Waals surface area (Å²) in [6.07, 6.45) is 2.85. The highest BCUT2D eigenvalue weighted by molar-refractivity contribution is 5.99. The predicted octanol–water partition coefficient (Wildman–Crippen LogP) is 3.64. The summed E-state index contributed by atoms with van der Waals surface area (Å²) in [5.74, 6) is -0.724. The molecule has 0 radical (unpaired) electrons. The van der Waals surface area contributed by atoms with Crippen molar-refractivity contribution in [2.24, 2.45) is 0 Å². The fourth-order valence-corrected chi connectivity index (χ4v) is 2.58. The molecule has 2 aromatic carbocycles. The van der Waals surface area contributed by atoms with Crippen LogP contribution in [0.5, 0.6) is 0 Å². The molecule has 0 N–H and O–H groups in total. The van der Waals surface area contributed by atoms with Crippen LogP contribution in [0.3, 0.4) is 0 Å². The Morgan fingerprint density at radius 2 is 1.88 bits per heavy atom. The molecule has 122 valence electrons. The van der Waals surface area contributed by atoms with Gasteiger partial charge in [-0.15, -0.1) is 0 Å². The highest BCUT2D eigenvalue weighted by Gasteiger charge is 2.37. The van der Waals surface area contributed by atoms with Crippen LogP contribution in [0.15, 0.2) is 66.7 Å². The Bertz CT molecular complexity index is 756. The van der Waals surface area contributed by atoms with Crippen LogP contribution in [0.1, 0.15) is 17.2 Å². The molecule has 5 heteroatoms. The van der Waals surface area contributed by atoms with E-state index in [0.29, 0.717) is 6.42 Å². The van der Waals surface area contributed by atoms with E-state index in [-0.39, 0.29) is 12.4 Å². The van der Waals surface area contributed by atoms with Gasteiger partial charge >= 0.3 is 6.09 Å². The Morgan fingerprint density at radius 1 is 1.17 bits per heavy atom. The SMILES string of the molecule is O=C(C=CCc1ccc(F)cc1)N1C(=O)OC[C@@H]1c1ccccc1. The van der Waals surface area contributed by atoms with E-state index in [1.165, 1.54) is 18.2 Å². The molecule has 0 saturated carbocycles. The van der Waals surface area contributed by atoms with Gasteiger partial charge in [-0.05, 0) is 29.7 Å². The second kappa shape index (κ2) is 7.08. The summed E-state index contributed by atoms with van der Waals surface area (Å²) in [6, 6.07) is 14.9. The van der Waals surface area contributed by atoms with Gasteiger partial charge in [0.1, 0.15) is 18.5 Å². The number of nitrogens with zero attached hydrogens (tertiary/aromatic N) is 1. The average molecular weight is 325 g/mol. The number of amides is 2. The summed E-state index contributed by atoms with van der Waals surface area (Å²) in [6.45, 7) is 0.153. The Labute approximate surface area is 139 Å². The largest absolute Gasteiger partial charge is 0.446 e. The van der Waals surface area contributed by atoms with Gasteiger partial charge in [-0.1, -0.05) is 48.5 Å². The molecule has 0 bridgehead atoms. The number of ether oxygens (including phenoxy) is 1. The van der Waals surface area contributed by atoms with Crippen molar-refractivity contribution in [1.29, 1.82) is 0 Å². The van der Waals surface area contributed by atoms with E-state index in [1.807, 2.05) is 30.3 Å². The lowest BCUT2D eigenvalue weighted by atomic mass is 10.1. The van der Waals surface area contributed by atoms with Gasteiger partial charge in [0.25, 0.3) is 5.91 Å². The topological polar surface area (TPSA) is 46.6 Å². The van der Waals surface area contributed by atoms with Crippen LogP contribution in [0.4, 0.5) is 9.18 Å². The minimum absolute atomic E-state index is 0.153. The molecule has 1 heterocycles. The molecule has 2 aromatic rings. The number of rotatable bonds is 4. The molecular weight excluding hydrogens is 309 g/mol. The number of cyclic esters (lactones) is 1. The maximum Gasteiger partial charge on any atom is 0.417 e. The third-order valence-electron chi connectivity index (χ3n) is 3.82. The van der Waals surface area contributed by atoms with E-state index < -0.39 is 18.0 Å². The monoisotopic (exact) mass is 325 g/mol. The Morgan fingerprint density at radius 3 is 2.58 bits per heavy atom. The molecule has 3 rings (SSSR count). The lowest BCUT2D eigenvalue weighted by Crippen LogP contribution is -2.32. The van der Waals surface area contributed by atoms with Crippen molar-refractivity contribution in [3.63, 3.8) is 0 Å². The molecule has 24 heavy (non-hydrogen) atoms. The van der Waals surface area contributed by atoms with Crippen LogP contribution in [0.2, 0.25) is 0 Å². The van der Waals surface area contributed by atoms with Gasteiger partial charge in [-0.3, -0.25) is 4.79 Å². The summed E-state index contributed by atoms with van der Waals surface area (Å²) in [5.41, 5.74) is 1.73. The zero-order valence-corrected chi connectivity index (χ0v) is 12.9. The minimum Gasteiger partial charge on any atom is -0.446 e. The number of hydrogen-bond acceptors (Lipinski definition) is 3. The van der Waals surface area contributed by atoms with Gasteiger partial charge < -0.3 is 4.74 Å². The molecule has 0 spiro atoms. The zero-order valence-electron chi connectivity index (χ0n) is 12.9. The van der Waals surface area contributed by atoms with Gasteiger partial charge in [0.15, 0.2) is 0 Å². The predicted molar refractivity (Wildman–Crippen MR) is 86.6 cm³/mol. The Kier molecular flexibility index (Phi) is 4.70. The Balaban J connectivity index is 1.69. The molecule has 0 aliphatic carbocycles. The normalized spacial score (nSPS) is 17.3. The van der Waals surface area contributed by atoms with Gasteiger partial charge in [0.05, 0.1) is 0 Å². The number of halogens is 1. The van der Waals surface area contributed by atoms with Crippen LogP contribution >= 0.6 is 0 Å². The summed E-state index contributed by atoms with van der Waals surface area (Å²) in [7, 11) is 0. The van der Waals surface area contributed by atoms with Crippen molar-refractivity contribution in [2.75, 3.05) is 6.61 Å². The second-order valence-corrected chi connectivity index (χ2v) is 5.44. The molecule has 2 amide bonds. The molecule has 0 unspecified atom stereocenters. The number of hydrogen-bond donors (Lipinski definition) is 0. The van der Waals surface area contributed by atoms with Crippen LogP contribution in [-0.4, -0.2) is 23.5 Å². The minimum atomic E-state index is -0.639. The van der Waals surface area contributed by atoms with Crippen molar-refractivity contribution < 1.29 is 18.7 Å². The van der Waals surface area contributed by atoms with E-state index >= 15 is 0 Å². The standard InChI is InChI=1S/C19H16FNO3/c20-16-11-9-14(10-12-16)5-4-8-18(22)21-17(13-24-19(21)23)15-6-2-1-3-7-15/h1-4,6-12,17H,5,13H2/t17-/m1/s1. The van der Waals surface area contributed by atoms with Crippen LogP contribution in [0, 0.1) is 5.82 Å². The first-order chi connectivity index (χ1) is 11.6. The third kappa shape index (κ3) is 3.51. The van der Waals surface area contributed by atoms with E-state index in [2.05, 4.69) is 0 Å². The molecule has 1 aliphatic heterocycles. The maximum absolute atomic E-state index is 12.9. The highest BCUT2D eigenvalue weighted by Crippen LogP contribution is 2.27. The molecule has 1 atom stereocenters. The molecular formula is C19H16FNO3. The molecule has 4 nitrogen and oxygen atoms in total. The van der Waals surface area contributed by atoms with E-state index in [4.69, 9.17) is 4.74 Å². The average Bonchev–Trinajstić information content (AvgIpc) is 2.99. The summed E-state index contributed by atoms with van der Waals surface area (Å²) < 4.78 is 17.9. The van der Waals surface area contributed by atoms with Gasteiger partial charge in [-0.2, -0.15) is 0 Å². The zero-order chi connectivity index (χ0) is 16.9. The van der Waals surface area contributed by atoms with Crippen molar-refractivity contribution in [1.82, 2.24) is 4.90 Å². The molecule has 1 fully saturated rings. The highest BCUT2D eigenvalue weighted by atomic mass is 19.1. The number of benzene rings is 2. The smallest absolute Gasteiger partial charge is 0.417 e. The molecule has 0 aromatic heterocycles. The number of imide groups is 1. The Hall–Kier alpha value is -2.95. The summed E-state index contributed by atoms with van der Waals surface area (Å²) >= 11 is 0. The van der Waals surface area contributed by atoms with Gasteiger partial charge in [0, 0.05) is 6.08 Å². The third-order valence-corrected chi connectivity index (χ3v) is 3.82. The quantitative estimate of drug-likeness (QED) is 0.806. The number of allylic oxidation sites excluding steroid dienone is 1. The number of carbonyl (C=O) groups is 2. The lowest BCUT2D eigenvalue weighted by Gasteiger charge is -2.18. The maximum atomic E-state index is 12.9. The summed E-state index contributed by atoms with van der Waals surface area (Å²) in [4.78, 5) is 25.4. The fraction of sp³-hybridized carbons (Fsp3) is 0.158. The van der Waals surface area contributed by atoms with Gasteiger partial charge in [0.2, 0.25) is 0 Å². The van der Waals surface area contributed by atoms with E-state index in [1.54, 1.807) is 18.2 Å². The van der Waals surface area contributed by atoms with Gasteiger partial charge in [-0.25, -0.2) is 14.1 Å². The molecule has 1 saturated heterocycles. The van der Waals surface area contributed by atoms with Crippen molar-refractivity contribution >= 4 is 12.0 Å². The van der Waals surface area contributed by atoms with Crippen molar-refractivity contribution in [3.8, 4) is 0 Å². The fourth-order valence-electron chi connectivity index (χ4n) is 2.58. The van der Waals surface area contributed by atoms with E-state index in [0.717, 1.165) is 16.0 Å². The van der Waals surface area contributed by atoms with Crippen molar-refractivity contribution in [3.05, 3.63) is 83.7 Å². The first kappa shape index (κ1) is 15.9.